The van der Waals surface area contributed by atoms with Crippen LogP contribution in [0.1, 0.15) is 88.9 Å². The quantitative estimate of drug-likeness (QED) is 0.210. The summed E-state index contributed by atoms with van der Waals surface area (Å²) in [5.74, 6) is 1.93. The normalized spacial score (nSPS) is 11.8. The molecule has 0 radical (unpaired) electrons. The molecule has 2 atom stereocenters. The number of nitrogens with zero attached hydrogens (tertiary/aromatic N) is 2. The summed E-state index contributed by atoms with van der Waals surface area (Å²) in [4.78, 5) is 54.3. The Kier molecular flexibility index (Phi) is 19.4. The second kappa shape index (κ2) is 22.3. The summed E-state index contributed by atoms with van der Waals surface area (Å²) in [6.07, 6.45) is 1.17. The van der Waals surface area contributed by atoms with E-state index in [9.17, 15) is 19.2 Å². The van der Waals surface area contributed by atoms with Crippen LogP contribution in [0.15, 0.2) is 36.4 Å². The van der Waals surface area contributed by atoms with Crippen molar-refractivity contribution in [3.8, 4) is 23.0 Å². The van der Waals surface area contributed by atoms with E-state index >= 15 is 0 Å². The zero-order valence-corrected chi connectivity index (χ0v) is 32.2. The first-order chi connectivity index (χ1) is 23.7. The molecule has 0 aliphatic heterocycles. The first kappa shape index (κ1) is 43.5. The lowest BCUT2D eigenvalue weighted by Gasteiger charge is -2.27. The van der Waals surface area contributed by atoms with Crippen LogP contribution in [0, 0.1) is 11.8 Å². The Morgan fingerprint density at radius 2 is 0.780 bits per heavy atom. The zero-order valence-electron chi connectivity index (χ0n) is 32.2. The fraction of sp³-hybridized carbons (Fsp3) is 0.579. The molecule has 280 valence electrons. The molecule has 0 aromatic heterocycles. The second-order valence-corrected chi connectivity index (χ2v) is 12.5. The third-order valence-electron chi connectivity index (χ3n) is 8.00. The molecule has 12 nitrogen and oxygen atoms in total. The number of hydrogen-bond donors (Lipinski definition) is 2. The Morgan fingerprint density at radius 3 is 0.980 bits per heavy atom. The van der Waals surface area contributed by atoms with Crippen LogP contribution in [0.25, 0.3) is 0 Å². The average Bonchev–Trinajstić information content (AvgIpc) is 3.11. The predicted molar refractivity (Wildman–Crippen MR) is 196 cm³/mol. The van der Waals surface area contributed by atoms with Gasteiger partial charge in [0.05, 0.1) is 28.4 Å². The second-order valence-electron chi connectivity index (χ2n) is 12.5. The summed E-state index contributed by atoms with van der Waals surface area (Å²) in [5, 5.41) is 5.75. The Morgan fingerprint density at radius 1 is 0.520 bits per heavy atom. The summed E-state index contributed by atoms with van der Waals surface area (Å²) >= 11 is 0. The van der Waals surface area contributed by atoms with Gasteiger partial charge in [-0.2, -0.15) is 0 Å². The molecule has 0 heterocycles. The van der Waals surface area contributed by atoms with Crippen molar-refractivity contribution < 1.29 is 38.1 Å². The Hall–Kier alpha value is -4.48. The molecule has 2 rings (SSSR count). The molecule has 4 amide bonds. The smallest absolute Gasteiger partial charge is 0.252 e. The monoisotopic (exact) mass is 700 g/mol. The van der Waals surface area contributed by atoms with Crippen LogP contribution in [0.4, 0.5) is 0 Å². The standard InChI is InChI=1S/2C19H30N2O4/c2*1-7-21(8-2)19(23)17(9-13(3)4)20-18(22)14-10-15(24-5)12-16(11-14)25-6/h2*10-13,17H,7-9H2,1-6H3,(H,20,22)/t2*17-/m11/s1. The number of carbonyl (C=O) groups is 4. The zero-order chi connectivity index (χ0) is 38.0. The number of carbonyl (C=O) groups excluding carboxylic acids is 4. The summed E-state index contributed by atoms with van der Waals surface area (Å²) in [6.45, 7) is 18.3. The number of rotatable bonds is 18. The highest BCUT2D eigenvalue weighted by Crippen LogP contribution is 2.24. The number of ether oxygens (including phenoxy) is 4. The van der Waals surface area contributed by atoms with Gasteiger partial charge in [0.25, 0.3) is 11.8 Å². The van der Waals surface area contributed by atoms with Crippen molar-refractivity contribution in [2.45, 2.75) is 80.3 Å². The van der Waals surface area contributed by atoms with Crippen molar-refractivity contribution in [2.24, 2.45) is 11.8 Å². The van der Waals surface area contributed by atoms with E-state index in [2.05, 4.69) is 10.6 Å². The molecule has 0 fully saturated rings. The van der Waals surface area contributed by atoms with E-state index in [4.69, 9.17) is 18.9 Å². The van der Waals surface area contributed by atoms with Crippen molar-refractivity contribution in [2.75, 3.05) is 54.6 Å². The molecule has 50 heavy (non-hydrogen) atoms. The van der Waals surface area contributed by atoms with Crippen LogP contribution in [-0.2, 0) is 9.59 Å². The lowest BCUT2D eigenvalue weighted by Crippen LogP contribution is -2.49. The van der Waals surface area contributed by atoms with Crippen LogP contribution >= 0.6 is 0 Å². The number of methoxy groups -OCH3 is 4. The van der Waals surface area contributed by atoms with E-state index in [1.165, 1.54) is 28.4 Å². The molecule has 0 unspecified atom stereocenters. The molecule has 2 aromatic rings. The number of likely N-dealkylation sites (N-methyl/N-ethyl adjacent to an activating group) is 2. The first-order valence-electron chi connectivity index (χ1n) is 17.4. The van der Waals surface area contributed by atoms with Crippen molar-refractivity contribution in [1.82, 2.24) is 20.4 Å². The summed E-state index contributed by atoms with van der Waals surface area (Å²) in [6, 6.07) is 8.82. The van der Waals surface area contributed by atoms with E-state index in [1.54, 1.807) is 46.2 Å². The number of hydrogen-bond acceptors (Lipinski definition) is 8. The lowest BCUT2D eigenvalue weighted by atomic mass is 10.0. The highest BCUT2D eigenvalue weighted by atomic mass is 16.5. The van der Waals surface area contributed by atoms with Crippen molar-refractivity contribution in [3.63, 3.8) is 0 Å². The lowest BCUT2D eigenvalue weighted by molar-refractivity contribution is -0.134. The molecule has 0 saturated heterocycles. The molecule has 0 aliphatic rings. The minimum Gasteiger partial charge on any atom is -0.497 e. The molecular weight excluding hydrogens is 640 g/mol. The van der Waals surface area contributed by atoms with Crippen molar-refractivity contribution >= 4 is 23.6 Å². The van der Waals surface area contributed by atoms with Crippen LogP contribution in [-0.4, -0.2) is 100 Å². The molecule has 0 bridgehead atoms. The first-order valence-corrected chi connectivity index (χ1v) is 17.4. The van der Waals surface area contributed by atoms with Gasteiger partial charge in [0, 0.05) is 49.4 Å². The highest BCUT2D eigenvalue weighted by Gasteiger charge is 2.27. The van der Waals surface area contributed by atoms with Gasteiger partial charge >= 0.3 is 0 Å². The Labute approximate surface area is 299 Å². The summed E-state index contributed by atoms with van der Waals surface area (Å²) < 4.78 is 20.8. The van der Waals surface area contributed by atoms with Gasteiger partial charge in [-0.3, -0.25) is 19.2 Å². The molecule has 2 aromatic carbocycles. The van der Waals surface area contributed by atoms with Crippen LogP contribution < -0.4 is 29.6 Å². The maximum absolute atomic E-state index is 12.7. The number of amides is 4. The third-order valence-corrected chi connectivity index (χ3v) is 8.00. The van der Waals surface area contributed by atoms with Gasteiger partial charge in [0.15, 0.2) is 0 Å². The van der Waals surface area contributed by atoms with Gasteiger partial charge in [0.1, 0.15) is 35.1 Å². The van der Waals surface area contributed by atoms with Crippen molar-refractivity contribution in [3.05, 3.63) is 47.5 Å². The molecule has 0 aliphatic carbocycles. The SMILES string of the molecule is CCN(CC)C(=O)[C@@H](CC(C)C)NC(=O)c1cc(OC)cc(OC)c1.CCN(CC)C(=O)[C@@H](CC(C)C)NC(=O)c1cc(OC)cc(OC)c1. The maximum Gasteiger partial charge on any atom is 0.252 e. The predicted octanol–water partition coefficient (Wildman–Crippen LogP) is 5.43. The summed E-state index contributed by atoms with van der Waals surface area (Å²) in [5.41, 5.74) is 0.801. The van der Waals surface area contributed by atoms with E-state index in [0.29, 0.717) is 73.1 Å². The van der Waals surface area contributed by atoms with Gasteiger partial charge in [-0.05, 0) is 76.6 Å². The molecule has 0 spiro atoms. The van der Waals surface area contributed by atoms with E-state index in [0.717, 1.165) is 0 Å². The van der Waals surface area contributed by atoms with Gasteiger partial charge < -0.3 is 39.4 Å². The third kappa shape index (κ3) is 13.8. The van der Waals surface area contributed by atoms with Gasteiger partial charge in [-0.15, -0.1) is 0 Å². The van der Waals surface area contributed by atoms with Crippen LogP contribution in [0.5, 0.6) is 23.0 Å². The molecule has 2 N–H and O–H groups in total. The Bertz CT molecular complexity index is 1220. The van der Waals surface area contributed by atoms with E-state index in [1.807, 2.05) is 55.4 Å². The number of benzene rings is 2. The Balaban J connectivity index is 0.000000500. The summed E-state index contributed by atoms with van der Waals surface area (Å²) in [7, 11) is 6.12. The van der Waals surface area contributed by atoms with Crippen LogP contribution in [0.2, 0.25) is 0 Å². The molecular formula is C38H60N4O8. The molecule has 0 saturated carbocycles. The highest BCUT2D eigenvalue weighted by molar-refractivity contribution is 5.99. The largest absolute Gasteiger partial charge is 0.497 e. The average molecular weight is 701 g/mol. The van der Waals surface area contributed by atoms with E-state index in [-0.39, 0.29) is 35.5 Å². The van der Waals surface area contributed by atoms with Gasteiger partial charge in [-0.1, -0.05) is 27.7 Å². The van der Waals surface area contributed by atoms with Crippen molar-refractivity contribution in [1.29, 1.82) is 0 Å². The van der Waals surface area contributed by atoms with E-state index < -0.39 is 12.1 Å². The fourth-order valence-corrected chi connectivity index (χ4v) is 5.26. The number of nitrogens with one attached hydrogen (secondary N) is 2. The molecule has 12 heteroatoms. The van der Waals surface area contributed by atoms with Gasteiger partial charge in [0.2, 0.25) is 11.8 Å². The van der Waals surface area contributed by atoms with Gasteiger partial charge in [-0.25, -0.2) is 0 Å². The minimum absolute atomic E-state index is 0.0538. The maximum atomic E-state index is 12.7. The minimum atomic E-state index is -0.551. The van der Waals surface area contributed by atoms with Crippen LogP contribution in [0.3, 0.4) is 0 Å². The fourth-order valence-electron chi connectivity index (χ4n) is 5.26. The topological polar surface area (TPSA) is 136 Å².